The van der Waals surface area contributed by atoms with Crippen molar-refractivity contribution in [3.8, 4) is 0 Å². The molecule has 0 bridgehead atoms. The molecule has 132 valence electrons. The van der Waals surface area contributed by atoms with E-state index in [1.54, 1.807) is 0 Å². The third-order valence-electron chi connectivity index (χ3n) is 5.43. The number of nitrogens with zero attached hydrogens (tertiary/aromatic N) is 1. The van der Waals surface area contributed by atoms with Crippen LogP contribution in [0.25, 0.3) is 0 Å². The van der Waals surface area contributed by atoms with Gasteiger partial charge in [-0.05, 0) is 71.5 Å². The predicted molar refractivity (Wildman–Crippen MR) is 96.0 cm³/mol. The van der Waals surface area contributed by atoms with Crippen molar-refractivity contribution in [1.29, 1.82) is 0 Å². The number of carbonyl (C=O) groups excluding carboxylic acids is 1. The van der Waals surface area contributed by atoms with Crippen molar-refractivity contribution in [3.63, 3.8) is 0 Å². The standard InChI is InChI=1S/C18H32N2O2S/c1-17(2,3)22-16(21)20-10-7-14(12-18(20)8-5-9-18)19-15-6-4-11-23-13-15/h14-15,19H,4-13H2,1-3H3. The van der Waals surface area contributed by atoms with Crippen LogP contribution in [0.4, 0.5) is 4.79 Å². The van der Waals surface area contributed by atoms with Crippen molar-refractivity contribution < 1.29 is 9.53 Å². The van der Waals surface area contributed by atoms with Gasteiger partial charge in [-0.15, -0.1) is 0 Å². The minimum atomic E-state index is -0.406. The van der Waals surface area contributed by atoms with Crippen molar-refractivity contribution in [3.05, 3.63) is 0 Å². The molecule has 0 aromatic heterocycles. The van der Waals surface area contributed by atoms with Gasteiger partial charge in [0.25, 0.3) is 0 Å². The zero-order valence-corrected chi connectivity index (χ0v) is 15.7. The number of hydrogen-bond donors (Lipinski definition) is 1. The van der Waals surface area contributed by atoms with Crippen LogP contribution in [0.3, 0.4) is 0 Å². The highest BCUT2D eigenvalue weighted by molar-refractivity contribution is 7.99. The van der Waals surface area contributed by atoms with Crippen LogP contribution in [0.15, 0.2) is 0 Å². The average Bonchev–Trinajstić information content (AvgIpc) is 2.44. The largest absolute Gasteiger partial charge is 0.444 e. The molecule has 0 radical (unpaired) electrons. The van der Waals surface area contributed by atoms with Gasteiger partial charge in [0.05, 0.1) is 0 Å². The lowest BCUT2D eigenvalue weighted by atomic mass is 9.69. The summed E-state index contributed by atoms with van der Waals surface area (Å²) >= 11 is 2.08. The fraction of sp³-hybridized carbons (Fsp3) is 0.944. The van der Waals surface area contributed by atoms with Crippen LogP contribution in [0.1, 0.15) is 65.7 Å². The summed E-state index contributed by atoms with van der Waals surface area (Å²) in [6.45, 7) is 6.70. The minimum absolute atomic E-state index is 0.0695. The maximum Gasteiger partial charge on any atom is 0.410 e. The molecule has 2 atom stereocenters. The van der Waals surface area contributed by atoms with Crippen LogP contribution in [0.5, 0.6) is 0 Å². The second kappa shape index (κ2) is 6.83. The molecule has 0 aromatic rings. The van der Waals surface area contributed by atoms with Crippen LogP contribution in [-0.2, 0) is 4.74 Å². The number of nitrogens with one attached hydrogen (secondary N) is 1. The third-order valence-corrected chi connectivity index (χ3v) is 6.65. The zero-order valence-electron chi connectivity index (χ0n) is 14.9. The quantitative estimate of drug-likeness (QED) is 0.830. The zero-order chi connectivity index (χ0) is 16.5. The number of rotatable bonds is 2. The fourth-order valence-corrected chi connectivity index (χ4v) is 5.29. The molecule has 1 aliphatic carbocycles. The maximum absolute atomic E-state index is 12.6. The smallest absolute Gasteiger partial charge is 0.410 e. The monoisotopic (exact) mass is 340 g/mol. The van der Waals surface area contributed by atoms with Gasteiger partial charge in [-0.1, -0.05) is 0 Å². The molecule has 3 fully saturated rings. The van der Waals surface area contributed by atoms with E-state index in [1.165, 1.54) is 30.8 Å². The van der Waals surface area contributed by atoms with Crippen molar-refractivity contribution in [2.24, 2.45) is 0 Å². The van der Waals surface area contributed by atoms with Crippen molar-refractivity contribution in [1.82, 2.24) is 10.2 Å². The number of carbonyl (C=O) groups is 1. The number of likely N-dealkylation sites (tertiary alicyclic amines) is 1. The molecule has 23 heavy (non-hydrogen) atoms. The lowest BCUT2D eigenvalue weighted by Gasteiger charge is -2.55. The van der Waals surface area contributed by atoms with Crippen LogP contribution < -0.4 is 5.32 Å². The summed E-state index contributed by atoms with van der Waals surface area (Å²) in [6.07, 6.45) is 8.23. The van der Waals surface area contributed by atoms with Gasteiger partial charge < -0.3 is 15.0 Å². The molecular weight excluding hydrogens is 308 g/mol. The highest BCUT2D eigenvalue weighted by Gasteiger charge is 2.49. The van der Waals surface area contributed by atoms with Gasteiger partial charge in [0.2, 0.25) is 0 Å². The van der Waals surface area contributed by atoms with Crippen LogP contribution in [0, 0.1) is 0 Å². The van der Waals surface area contributed by atoms with Crippen LogP contribution in [0.2, 0.25) is 0 Å². The highest BCUT2D eigenvalue weighted by Crippen LogP contribution is 2.45. The van der Waals surface area contributed by atoms with Crippen LogP contribution in [-0.4, -0.2) is 52.3 Å². The van der Waals surface area contributed by atoms with E-state index in [-0.39, 0.29) is 11.6 Å². The second-order valence-corrected chi connectivity index (χ2v) is 9.63. The maximum atomic E-state index is 12.6. The van der Waals surface area contributed by atoms with Gasteiger partial charge in [0.15, 0.2) is 0 Å². The molecule has 1 N–H and O–H groups in total. The summed E-state index contributed by atoms with van der Waals surface area (Å²) < 4.78 is 5.66. The molecule has 3 aliphatic rings. The Hall–Kier alpha value is -0.420. The predicted octanol–water partition coefficient (Wildman–Crippen LogP) is 3.79. The Morgan fingerprint density at radius 3 is 2.57 bits per heavy atom. The molecule has 2 saturated heterocycles. The van der Waals surface area contributed by atoms with Gasteiger partial charge >= 0.3 is 6.09 Å². The molecule has 4 nitrogen and oxygen atoms in total. The summed E-state index contributed by atoms with van der Waals surface area (Å²) in [6, 6.07) is 1.24. The molecule has 2 aliphatic heterocycles. The third kappa shape index (κ3) is 4.16. The lowest BCUT2D eigenvalue weighted by molar-refractivity contribution is -0.0499. The number of hydrogen-bond acceptors (Lipinski definition) is 4. The van der Waals surface area contributed by atoms with Crippen molar-refractivity contribution in [2.45, 2.75) is 88.9 Å². The van der Waals surface area contributed by atoms with Crippen LogP contribution >= 0.6 is 11.8 Å². The molecule has 2 unspecified atom stereocenters. The van der Waals surface area contributed by atoms with Gasteiger partial charge in [-0.3, -0.25) is 0 Å². The first kappa shape index (κ1) is 17.4. The van der Waals surface area contributed by atoms with E-state index in [0.29, 0.717) is 12.1 Å². The van der Waals surface area contributed by atoms with Crippen molar-refractivity contribution in [2.75, 3.05) is 18.1 Å². The Morgan fingerprint density at radius 2 is 2.00 bits per heavy atom. The number of thioether (sulfide) groups is 1. The Morgan fingerprint density at radius 1 is 1.22 bits per heavy atom. The molecule has 3 rings (SSSR count). The second-order valence-electron chi connectivity index (χ2n) is 8.48. The van der Waals surface area contributed by atoms with E-state index < -0.39 is 5.60 Å². The van der Waals surface area contributed by atoms with E-state index in [0.717, 1.165) is 32.2 Å². The lowest BCUT2D eigenvalue weighted by Crippen LogP contribution is -2.64. The number of piperidine rings is 1. The average molecular weight is 341 g/mol. The topological polar surface area (TPSA) is 41.6 Å². The molecule has 1 spiro atoms. The molecule has 5 heteroatoms. The summed E-state index contributed by atoms with van der Waals surface area (Å²) in [5.41, 5.74) is -0.337. The van der Waals surface area contributed by atoms with E-state index in [9.17, 15) is 4.79 Å². The Balaban J connectivity index is 1.59. The molecule has 2 heterocycles. The highest BCUT2D eigenvalue weighted by atomic mass is 32.2. The van der Waals surface area contributed by atoms with E-state index in [2.05, 4.69) is 22.0 Å². The Bertz CT molecular complexity index is 425. The first-order valence-electron chi connectivity index (χ1n) is 9.22. The SMILES string of the molecule is CC(C)(C)OC(=O)N1CCC(NC2CCCSC2)CC12CCC2. The fourth-order valence-electron chi connectivity index (χ4n) is 4.20. The van der Waals surface area contributed by atoms with E-state index in [1.807, 2.05) is 20.8 Å². The number of ether oxygens (including phenoxy) is 1. The van der Waals surface area contributed by atoms with Gasteiger partial charge in [0.1, 0.15) is 5.60 Å². The molecule has 0 aromatic carbocycles. The van der Waals surface area contributed by atoms with E-state index >= 15 is 0 Å². The number of amides is 1. The first-order valence-corrected chi connectivity index (χ1v) is 10.4. The normalized spacial score (nSPS) is 30.8. The summed E-state index contributed by atoms with van der Waals surface area (Å²) in [5.74, 6) is 2.57. The first-order chi connectivity index (χ1) is 10.9. The Kier molecular flexibility index (Phi) is 5.17. The summed E-state index contributed by atoms with van der Waals surface area (Å²) in [5, 5.41) is 3.89. The minimum Gasteiger partial charge on any atom is -0.444 e. The molecule has 1 saturated carbocycles. The molecule has 1 amide bonds. The van der Waals surface area contributed by atoms with E-state index in [4.69, 9.17) is 4.74 Å². The summed E-state index contributed by atoms with van der Waals surface area (Å²) in [7, 11) is 0. The van der Waals surface area contributed by atoms with Crippen molar-refractivity contribution >= 4 is 17.9 Å². The summed E-state index contributed by atoms with van der Waals surface area (Å²) in [4.78, 5) is 14.6. The Labute approximate surface area is 145 Å². The van der Waals surface area contributed by atoms with Gasteiger partial charge in [-0.25, -0.2) is 4.79 Å². The van der Waals surface area contributed by atoms with Gasteiger partial charge in [0, 0.05) is 29.9 Å². The van der Waals surface area contributed by atoms with Gasteiger partial charge in [-0.2, -0.15) is 11.8 Å². The molecular formula is C18H32N2O2S.